The van der Waals surface area contributed by atoms with Gasteiger partial charge in [0.25, 0.3) is 0 Å². The standard InChI is InChI=1S/C9H18BrNO2/c1-6(2)7(10)8(13)11-9(3,4)5-12/h6-7,12H,5H2,1-4H3,(H,11,13). The zero-order chi connectivity index (χ0) is 10.6. The molecule has 3 nitrogen and oxygen atoms in total. The third-order valence-corrected chi connectivity index (χ3v) is 3.17. The number of aliphatic hydroxyl groups excluding tert-OH is 1. The molecule has 1 amide bonds. The van der Waals surface area contributed by atoms with E-state index in [0.29, 0.717) is 0 Å². The number of hydrogen-bond donors (Lipinski definition) is 2. The Hall–Kier alpha value is -0.0900. The van der Waals surface area contributed by atoms with E-state index in [0.717, 1.165) is 0 Å². The number of nitrogens with one attached hydrogen (secondary N) is 1. The van der Waals surface area contributed by atoms with Gasteiger partial charge in [0.1, 0.15) is 0 Å². The number of carbonyl (C=O) groups excluding carboxylic acids is 1. The largest absolute Gasteiger partial charge is 0.394 e. The summed E-state index contributed by atoms with van der Waals surface area (Å²) in [6, 6.07) is 0. The van der Waals surface area contributed by atoms with Gasteiger partial charge in [0.15, 0.2) is 0 Å². The molecule has 4 heteroatoms. The van der Waals surface area contributed by atoms with E-state index in [1.54, 1.807) is 13.8 Å². The van der Waals surface area contributed by atoms with Gasteiger partial charge in [0, 0.05) is 0 Å². The van der Waals surface area contributed by atoms with E-state index in [-0.39, 0.29) is 23.3 Å². The molecule has 0 saturated carbocycles. The quantitative estimate of drug-likeness (QED) is 0.741. The van der Waals surface area contributed by atoms with Crippen LogP contribution in [0.25, 0.3) is 0 Å². The van der Waals surface area contributed by atoms with Crippen LogP contribution < -0.4 is 5.32 Å². The molecule has 78 valence electrons. The highest BCUT2D eigenvalue weighted by Crippen LogP contribution is 2.13. The molecule has 0 aromatic heterocycles. The average molecular weight is 252 g/mol. The van der Waals surface area contributed by atoms with Crippen LogP contribution in [-0.2, 0) is 4.79 Å². The van der Waals surface area contributed by atoms with Crippen LogP contribution in [0, 0.1) is 5.92 Å². The molecule has 0 saturated heterocycles. The number of alkyl halides is 1. The Morgan fingerprint density at radius 2 is 2.00 bits per heavy atom. The maximum Gasteiger partial charge on any atom is 0.234 e. The summed E-state index contributed by atoms with van der Waals surface area (Å²) >= 11 is 3.30. The number of rotatable bonds is 4. The van der Waals surface area contributed by atoms with Gasteiger partial charge < -0.3 is 10.4 Å². The van der Waals surface area contributed by atoms with Crippen LogP contribution in [0.4, 0.5) is 0 Å². The van der Waals surface area contributed by atoms with Crippen LogP contribution in [0.3, 0.4) is 0 Å². The Morgan fingerprint density at radius 1 is 1.54 bits per heavy atom. The Bertz CT molecular complexity index is 180. The molecule has 13 heavy (non-hydrogen) atoms. The second-order valence-corrected chi connectivity index (χ2v) is 5.16. The number of amides is 1. The minimum Gasteiger partial charge on any atom is -0.394 e. The molecule has 1 atom stereocenters. The van der Waals surface area contributed by atoms with Crippen molar-refractivity contribution in [3.05, 3.63) is 0 Å². The molecule has 2 N–H and O–H groups in total. The van der Waals surface area contributed by atoms with E-state index in [2.05, 4.69) is 21.2 Å². The Balaban J connectivity index is 4.15. The normalized spacial score (nSPS) is 14.4. The van der Waals surface area contributed by atoms with Crippen LogP contribution >= 0.6 is 15.9 Å². The SMILES string of the molecule is CC(C)C(Br)C(=O)NC(C)(C)CO. The lowest BCUT2D eigenvalue weighted by Crippen LogP contribution is -2.49. The fourth-order valence-corrected chi connectivity index (χ4v) is 0.859. The Morgan fingerprint density at radius 3 is 2.31 bits per heavy atom. The van der Waals surface area contributed by atoms with Gasteiger partial charge in [-0.05, 0) is 19.8 Å². The smallest absolute Gasteiger partial charge is 0.234 e. The number of hydrogen-bond acceptors (Lipinski definition) is 2. The van der Waals surface area contributed by atoms with Crippen LogP contribution in [0.2, 0.25) is 0 Å². The van der Waals surface area contributed by atoms with Crippen molar-refractivity contribution >= 4 is 21.8 Å². The first-order chi connectivity index (χ1) is 5.80. The third kappa shape index (κ3) is 4.62. The molecular weight excluding hydrogens is 234 g/mol. The molecule has 1 unspecified atom stereocenters. The first-order valence-corrected chi connectivity index (χ1v) is 5.28. The number of carbonyl (C=O) groups is 1. The Labute approximate surface area is 88.0 Å². The van der Waals surface area contributed by atoms with Gasteiger partial charge in [0.05, 0.1) is 17.0 Å². The van der Waals surface area contributed by atoms with Crippen LogP contribution in [-0.4, -0.2) is 28.0 Å². The first kappa shape index (κ1) is 12.9. The van der Waals surface area contributed by atoms with Crippen LogP contribution in [0.5, 0.6) is 0 Å². The summed E-state index contributed by atoms with van der Waals surface area (Å²) in [7, 11) is 0. The molecule has 0 bridgehead atoms. The van der Waals surface area contributed by atoms with Gasteiger partial charge in [-0.2, -0.15) is 0 Å². The fourth-order valence-electron chi connectivity index (χ4n) is 0.745. The molecule has 0 fully saturated rings. The van der Waals surface area contributed by atoms with Crippen molar-refractivity contribution < 1.29 is 9.90 Å². The summed E-state index contributed by atoms with van der Waals surface area (Å²) < 4.78 is 0. The summed E-state index contributed by atoms with van der Waals surface area (Å²) in [6.07, 6.45) is 0. The van der Waals surface area contributed by atoms with Crippen molar-refractivity contribution in [2.75, 3.05) is 6.61 Å². The zero-order valence-electron chi connectivity index (χ0n) is 8.60. The third-order valence-electron chi connectivity index (χ3n) is 1.69. The molecule has 0 aliphatic carbocycles. The van der Waals surface area contributed by atoms with Crippen molar-refractivity contribution in [2.45, 2.75) is 38.1 Å². The van der Waals surface area contributed by atoms with Crippen molar-refractivity contribution in [1.29, 1.82) is 0 Å². The number of halogens is 1. The summed E-state index contributed by atoms with van der Waals surface area (Å²) in [5.41, 5.74) is -0.544. The predicted molar refractivity (Wildman–Crippen MR) is 56.9 cm³/mol. The zero-order valence-corrected chi connectivity index (χ0v) is 10.2. The second kappa shape index (κ2) is 4.96. The molecule has 0 aliphatic rings. The van der Waals surface area contributed by atoms with E-state index in [9.17, 15) is 4.79 Å². The average Bonchev–Trinajstić information content (AvgIpc) is 2.02. The number of aliphatic hydroxyl groups is 1. The molecule has 0 aliphatic heterocycles. The summed E-state index contributed by atoms with van der Waals surface area (Å²) in [5.74, 6) is 0.170. The van der Waals surface area contributed by atoms with Gasteiger partial charge in [-0.25, -0.2) is 0 Å². The van der Waals surface area contributed by atoms with Crippen molar-refractivity contribution in [3.8, 4) is 0 Å². The lowest BCUT2D eigenvalue weighted by atomic mass is 10.1. The van der Waals surface area contributed by atoms with Gasteiger partial charge in [-0.3, -0.25) is 4.79 Å². The summed E-state index contributed by atoms with van der Waals surface area (Å²) in [5, 5.41) is 11.7. The highest BCUT2D eigenvalue weighted by Gasteiger charge is 2.25. The lowest BCUT2D eigenvalue weighted by molar-refractivity contribution is -0.123. The molecule has 0 radical (unpaired) electrons. The predicted octanol–water partition coefficient (Wildman–Crippen LogP) is 1.29. The van der Waals surface area contributed by atoms with Crippen LogP contribution in [0.1, 0.15) is 27.7 Å². The molecule has 0 rings (SSSR count). The maximum absolute atomic E-state index is 11.5. The highest BCUT2D eigenvalue weighted by molar-refractivity contribution is 9.10. The van der Waals surface area contributed by atoms with Gasteiger partial charge in [-0.1, -0.05) is 29.8 Å². The maximum atomic E-state index is 11.5. The molecule has 0 aromatic carbocycles. The van der Waals surface area contributed by atoms with Gasteiger partial charge in [0.2, 0.25) is 5.91 Å². The second-order valence-electron chi connectivity index (χ2n) is 4.18. The van der Waals surface area contributed by atoms with E-state index >= 15 is 0 Å². The van der Waals surface area contributed by atoms with Crippen molar-refractivity contribution in [1.82, 2.24) is 5.32 Å². The van der Waals surface area contributed by atoms with Gasteiger partial charge in [-0.15, -0.1) is 0 Å². The molecule has 0 heterocycles. The Kier molecular flexibility index (Phi) is 4.92. The fraction of sp³-hybridized carbons (Fsp3) is 0.889. The molecular formula is C9H18BrNO2. The molecule has 0 aromatic rings. The van der Waals surface area contributed by atoms with E-state index in [1.807, 2.05) is 13.8 Å². The summed E-state index contributed by atoms with van der Waals surface area (Å²) in [4.78, 5) is 11.3. The summed E-state index contributed by atoms with van der Waals surface area (Å²) in [6.45, 7) is 7.43. The topological polar surface area (TPSA) is 49.3 Å². The minimum absolute atomic E-state index is 0.0590. The van der Waals surface area contributed by atoms with Crippen molar-refractivity contribution in [2.24, 2.45) is 5.92 Å². The minimum atomic E-state index is -0.544. The van der Waals surface area contributed by atoms with Crippen LogP contribution in [0.15, 0.2) is 0 Å². The van der Waals surface area contributed by atoms with Crippen molar-refractivity contribution in [3.63, 3.8) is 0 Å². The van der Waals surface area contributed by atoms with E-state index in [1.165, 1.54) is 0 Å². The first-order valence-electron chi connectivity index (χ1n) is 4.37. The van der Waals surface area contributed by atoms with E-state index < -0.39 is 5.54 Å². The molecule has 0 spiro atoms. The van der Waals surface area contributed by atoms with E-state index in [4.69, 9.17) is 5.11 Å². The lowest BCUT2D eigenvalue weighted by Gasteiger charge is -2.26. The monoisotopic (exact) mass is 251 g/mol. The highest BCUT2D eigenvalue weighted by atomic mass is 79.9. The van der Waals surface area contributed by atoms with Gasteiger partial charge >= 0.3 is 0 Å².